The molecule has 0 aliphatic rings. The van der Waals surface area contributed by atoms with Gasteiger partial charge in [0.1, 0.15) is 5.82 Å². The van der Waals surface area contributed by atoms with Crippen molar-refractivity contribution in [1.29, 1.82) is 0 Å². The van der Waals surface area contributed by atoms with E-state index in [0.29, 0.717) is 5.56 Å². The van der Waals surface area contributed by atoms with Crippen LogP contribution in [0.5, 0.6) is 0 Å². The molecule has 0 saturated heterocycles. The average molecular weight is 204 g/mol. The fourth-order valence-corrected chi connectivity index (χ4v) is 1.17. The molecule has 1 aromatic rings. The highest BCUT2D eigenvalue weighted by atomic mass is 35.5. The van der Waals surface area contributed by atoms with E-state index in [0.717, 1.165) is 12.0 Å². The van der Waals surface area contributed by atoms with Crippen molar-refractivity contribution in [2.75, 3.05) is 0 Å². The van der Waals surface area contributed by atoms with E-state index in [1.54, 1.807) is 6.07 Å². The molecule has 0 spiro atoms. The number of benzene rings is 1. The van der Waals surface area contributed by atoms with Gasteiger partial charge in [0, 0.05) is 11.6 Å². The molecule has 0 bridgehead atoms. The summed E-state index contributed by atoms with van der Waals surface area (Å²) in [6, 6.07) is 4.86. The van der Waals surface area contributed by atoms with Gasteiger partial charge in [-0.15, -0.1) is 12.4 Å². The minimum absolute atomic E-state index is 0. The first-order chi connectivity index (χ1) is 5.65. The van der Waals surface area contributed by atoms with Crippen molar-refractivity contribution in [2.45, 2.75) is 26.3 Å². The van der Waals surface area contributed by atoms with Crippen LogP contribution in [0, 0.1) is 12.7 Å². The normalized spacial score (nSPS) is 12.0. The number of nitrogens with two attached hydrogens (primary N) is 1. The van der Waals surface area contributed by atoms with Gasteiger partial charge in [0.2, 0.25) is 0 Å². The highest BCUT2D eigenvalue weighted by Crippen LogP contribution is 2.18. The van der Waals surface area contributed by atoms with Crippen LogP contribution in [-0.4, -0.2) is 0 Å². The topological polar surface area (TPSA) is 26.0 Å². The largest absolute Gasteiger partial charge is 0.324 e. The van der Waals surface area contributed by atoms with Crippen molar-refractivity contribution in [2.24, 2.45) is 5.73 Å². The van der Waals surface area contributed by atoms with Crippen LogP contribution in [0.2, 0.25) is 0 Å². The smallest absolute Gasteiger partial charge is 0.127 e. The molecule has 0 aromatic heterocycles. The Kier molecular flexibility index (Phi) is 4.96. The second-order valence-corrected chi connectivity index (χ2v) is 3.04. The highest BCUT2D eigenvalue weighted by Gasteiger charge is 2.08. The number of rotatable bonds is 2. The summed E-state index contributed by atoms with van der Waals surface area (Å²) in [5.41, 5.74) is 7.40. The Hall–Kier alpha value is -0.600. The number of halogens is 2. The molecule has 1 nitrogen and oxygen atoms in total. The lowest BCUT2D eigenvalue weighted by Crippen LogP contribution is -2.10. The lowest BCUT2D eigenvalue weighted by molar-refractivity contribution is 0.575. The van der Waals surface area contributed by atoms with E-state index < -0.39 is 0 Å². The van der Waals surface area contributed by atoms with E-state index in [4.69, 9.17) is 5.73 Å². The minimum Gasteiger partial charge on any atom is -0.324 e. The summed E-state index contributed by atoms with van der Waals surface area (Å²) in [6.45, 7) is 3.89. The minimum atomic E-state index is -0.199. The maximum Gasteiger partial charge on any atom is 0.127 e. The first kappa shape index (κ1) is 12.4. The molecule has 0 radical (unpaired) electrons. The van der Waals surface area contributed by atoms with E-state index in [-0.39, 0.29) is 24.3 Å². The zero-order valence-corrected chi connectivity index (χ0v) is 8.70. The molecule has 1 atom stereocenters. The highest BCUT2D eigenvalue weighted by molar-refractivity contribution is 5.85. The molecule has 74 valence electrons. The van der Waals surface area contributed by atoms with Crippen molar-refractivity contribution in [3.05, 3.63) is 35.1 Å². The standard InChI is InChI=1S/C10H14FN.ClH/c1-3-10(12)8-6-7(2)4-5-9(8)11;/h4-6,10H,3,12H2,1-2H3;1H/t10-;/m0./s1. The van der Waals surface area contributed by atoms with Crippen molar-refractivity contribution >= 4 is 12.4 Å². The van der Waals surface area contributed by atoms with Crippen LogP contribution in [-0.2, 0) is 0 Å². The SMILES string of the molecule is CC[C@H](N)c1cc(C)ccc1F.Cl. The average Bonchev–Trinajstić information content (AvgIpc) is 2.08. The van der Waals surface area contributed by atoms with Gasteiger partial charge in [-0.25, -0.2) is 4.39 Å². The molecule has 0 aliphatic heterocycles. The third-order valence-corrected chi connectivity index (χ3v) is 1.99. The third kappa shape index (κ3) is 2.98. The van der Waals surface area contributed by atoms with E-state index >= 15 is 0 Å². The molecule has 0 heterocycles. The molecule has 1 aromatic carbocycles. The van der Waals surface area contributed by atoms with E-state index in [9.17, 15) is 4.39 Å². The molecule has 0 fully saturated rings. The monoisotopic (exact) mass is 203 g/mol. The van der Waals surface area contributed by atoms with Crippen molar-refractivity contribution < 1.29 is 4.39 Å². The predicted octanol–water partition coefficient (Wildman–Crippen LogP) is 2.97. The summed E-state index contributed by atoms with van der Waals surface area (Å²) >= 11 is 0. The molecular formula is C10H15ClFN. The zero-order chi connectivity index (χ0) is 9.14. The summed E-state index contributed by atoms with van der Waals surface area (Å²) in [6.07, 6.45) is 0.764. The number of hydrogen-bond donors (Lipinski definition) is 1. The Bertz CT molecular complexity index is 276. The third-order valence-electron chi connectivity index (χ3n) is 1.99. The van der Waals surface area contributed by atoms with Gasteiger partial charge < -0.3 is 5.73 Å². The molecule has 1 rings (SSSR count). The quantitative estimate of drug-likeness (QED) is 0.786. The molecule has 0 aliphatic carbocycles. The van der Waals surface area contributed by atoms with Crippen LogP contribution in [0.25, 0.3) is 0 Å². The molecule has 0 saturated carbocycles. The Morgan fingerprint density at radius 2 is 2.08 bits per heavy atom. The summed E-state index contributed by atoms with van der Waals surface area (Å²) < 4.78 is 13.1. The van der Waals surface area contributed by atoms with Crippen LogP contribution in [0.15, 0.2) is 18.2 Å². The summed E-state index contributed by atoms with van der Waals surface area (Å²) in [7, 11) is 0. The maximum atomic E-state index is 13.1. The Morgan fingerprint density at radius 1 is 1.46 bits per heavy atom. The molecule has 2 N–H and O–H groups in total. The summed E-state index contributed by atoms with van der Waals surface area (Å²) in [4.78, 5) is 0. The van der Waals surface area contributed by atoms with E-state index in [2.05, 4.69) is 0 Å². The summed E-state index contributed by atoms with van der Waals surface area (Å²) in [5, 5.41) is 0. The van der Waals surface area contributed by atoms with Crippen molar-refractivity contribution in [1.82, 2.24) is 0 Å². The van der Waals surface area contributed by atoms with Gasteiger partial charge in [0.05, 0.1) is 0 Å². The molecule has 0 unspecified atom stereocenters. The maximum absolute atomic E-state index is 13.1. The van der Waals surface area contributed by atoms with Crippen LogP contribution in [0.4, 0.5) is 4.39 Å². The lowest BCUT2D eigenvalue weighted by atomic mass is 10.0. The molecule has 3 heteroatoms. The second-order valence-electron chi connectivity index (χ2n) is 3.04. The fourth-order valence-electron chi connectivity index (χ4n) is 1.17. The summed E-state index contributed by atoms with van der Waals surface area (Å²) in [5.74, 6) is -0.199. The van der Waals surface area contributed by atoms with E-state index in [1.165, 1.54) is 6.07 Å². The van der Waals surface area contributed by atoms with Crippen LogP contribution in [0.3, 0.4) is 0 Å². The number of aryl methyl sites for hydroxylation is 1. The van der Waals surface area contributed by atoms with Gasteiger partial charge in [0.25, 0.3) is 0 Å². The van der Waals surface area contributed by atoms with Gasteiger partial charge >= 0.3 is 0 Å². The Balaban J connectivity index is 0.00000144. The van der Waals surface area contributed by atoms with Gasteiger partial charge in [-0.3, -0.25) is 0 Å². The fraction of sp³-hybridized carbons (Fsp3) is 0.400. The van der Waals surface area contributed by atoms with Crippen LogP contribution in [0.1, 0.15) is 30.5 Å². The Morgan fingerprint density at radius 3 is 2.62 bits per heavy atom. The van der Waals surface area contributed by atoms with Gasteiger partial charge in [0.15, 0.2) is 0 Å². The van der Waals surface area contributed by atoms with Gasteiger partial charge in [-0.05, 0) is 19.4 Å². The van der Waals surface area contributed by atoms with Crippen molar-refractivity contribution in [3.8, 4) is 0 Å². The first-order valence-electron chi connectivity index (χ1n) is 4.16. The lowest BCUT2D eigenvalue weighted by Gasteiger charge is -2.10. The zero-order valence-electron chi connectivity index (χ0n) is 7.88. The van der Waals surface area contributed by atoms with E-state index in [1.807, 2.05) is 19.9 Å². The second kappa shape index (κ2) is 5.20. The van der Waals surface area contributed by atoms with Gasteiger partial charge in [-0.2, -0.15) is 0 Å². The molecule has 0 amide bonds. The van der Waals surface area contributed by atoms with Crippen LogP contribution < -0.4 is 5.73 Å². The predicted molar refractivity (Wildman–Crippen MR) is 55.6 cm³/mol. The first-order valence-corrected chi connectivity index (χ1v) is 4.16. The molecular weight excluding hydrogens is 189 g/mol. The number of hydrogen-bond acceptors (Lipinski definition) is 1. The van der Waals surface area contributed by atoms with Crippen LogP contribution >= 0.6 is 12.4 Å². The van der Waals surface area contributed by atoms with Crippen molar-refractivity contribution in [3.63, 3.8) is 0 Å². The van der Waals surface area contributed by atoms with Gasteiger partial charge in [-0.1, -0.05) is 24.6 Å². The molecule has 13 heavy (non-hydrogen) atoms. The Labute approximate surface area is 84.5 Å².